The first-order chi connectivity index (χ1) is 10.6. The number of thiophene rings is 1. The van der Waals surface area contributed by atoms with Gasteiger partial charge in [0.15, 0.2) is 0 Å². The SMILES string of the molecule is CC(C)c1cccc(CN2CCC(F)CC2)c1-c1cccs1. The lowest BCUT2D eigenvalue weighted by Gasteiger charge is -2.29. The van der Waals surface area contributed by atoms with Crippen molar-refractivity contribution in [2.75, 3.05) is 13.1 Å². The van der Waals surface area contributed by atoms with Gasteiger partial charge in [-0.15, -0.1) is 11.3 Å². The van der Waals surface area contributed by atoms with Crippen LogP contribution in [0.1, 0.15) is 43.7 Å². The van der Waals surface area contributed by atoms with Crippen molar-refractivity contribution >= 4 is 11.3 Å². The number of rotatable bonds is 4. The molecule has 0 aliphatic carbocycles. The van der Waals surface area contributed by atoms with Crippen LogP contribution >= 0.6 is 11.3 Å². The molecule has 3 rings (SSSR count). The van der Waals surface area contributed by atoms with Crippen molar-refractivity contribution in [1.82, 2.24) is 4.90 Å². The number of piperidine rings is 1. The molecule has 118 valence electrons. The molecule has 0 atom stereocenters. The fraction of sp³-hybridized carbons (Fsp3) is 0.474. The first-order valence-electron chi connectivity index (χ1n) is 8.17. The molecule has 0 saturated carbocycles. The van der Waals surface area contributed by atoms with Crippen LogP contribution in [0.25, 0.3) is 10.4 Å². The Balaban J connectivity index is 1.92. The molecule has 2 aromatic rings. The standard InChI is InChI=1S/C19H24FNS/c1-14(2)17-6-3-5-15(19(17)18-7-4-12-22-18)13-21-10-8-16(20)9-11-21/h3-7,12,14,16H,8-11,13H2,1-2H3. The van der Waals surface area contributed by atoms with Gasteiger partial charge in [-0.25, -0.2) is 4.39 Å². The number of hydrogen-bond donors (Lipinski definition) is 0. The average Bonchev–Trinajstić information content (AvgIpc) is 3.03. The largest absolute Gasteiger partial charge is 0.299 e. The molecule has 1 fully saturated rings. The van der Waals surface area contributed by atoms with E-state index in [9.17, 15) is 4.39 Å². The molecule has 0 bridgehead atoms. The van der Waals surface area contributed by atoms with Crippen LogP contribution in [-0.4, -0.2) is 24.2 Å². The zero-order valence-corrected chi connectivity index (χ0v) is 14.2. The Morgan fingerprint density at radius 2 is 1.95 bits per heavy atom. The van der Waals surface area contributed by atoms with E-state index in [-0.39, 0.29) is 0 Å². The summed E-state index contributed by atoms with van der Waals surface area (Å²) in [7, 11) is 0. The van der Waals surface area contributed by atoms with Crippen LogP contribution in [0.3, 0.4) is 0 Å². The van der Waals surface area contributed by atoms with Crippen molar-refractivity contribution in [3.8, 4) is 10.4 Å². The average molecular weight is 317 g/mol. The van der Waals surface area contributed by atoms with E-state index in [1.54, 1.807) is 11.3 Å². The Hall–Kier alpha value is -1.19. The van der Waals surface area contributed by atoms with Gasteiger partial charge in [0.1, 0.15) is 6.17 Å². The Labute approximate surface area is 136 Å². The van der Waals surface area contributed by atoms with Gasteiger partial charge in [-0.05, 0) is 46.9 Å². The number of halogens is 1. The van der Waals surface area contributed by atoms with Crippen LogP contribution < -0.4 is 0 Å². The number of benzene rings is 1. The Kier molecular flexibility index (Phi) is 4.94. The molecule has 0 amide bonds. The summed E-state index contributed by atoms with van der Waals surface area (Å²) < 4.78 is 13.3. The van der Waals surface area contributed by atoms with Gasteiger partial charge in [0.05, 0.1) is 0 Å². The van der Waals surface area contributed by atoms with E-state index >= 15 is 0 Å². The minimum absolute atomic E-state index is 0.508. The smallest absolute Gasteiger partial charge is 0.103 e. The van der Waals surface area contributed by atoms with Gasteiger partial charge < -0.3 is 0 Å². The fourth-order valence-electron chi connectivity index (χ4n) is 3.25. The van der Waals surface area contributed by atoms with Crippen molar-refractivity contribution in [1.29, 1.82) is 0 Å². The number of nitrogens with zero attached hydrogens (tertiary/aromatic N) is 1. The van der Waals surface area contributed by atoms with Gasteiger partial charge in [-0.1, -0.05) is 38.1 Å². The van der Waals surface area contributed by atoms with Crippen LogP contribution in [0.4, 0.5) is 4.39 Å². The summed E-state index contributed by atoms with van der Waals surface area (Å²) in [5, 5.41) is 2.14. The number of likely N-dealkylation sites (tertiary alicyclic amines) is 1. The molecule has 1 aliphatic heterocycles. The normalized spacial score (nSPS) is 17.3. The maximum Gasteiger partial charge on any atom is 0.103 e. The van der Waals surface area contributed by atoms with Crippen molar-refractivity contribution in [2.45, 2.75) is 45.3 Å². The minimum atomic E-state index is -0.602. The lowest BCUT2D eigenvalue weighted by atomic mass is 9.92. The van der Waals surface area contributed by atoms with Crippen LogP contribution in [0.15, 0.2) is 35.7 Å². The zero-order chi connectivity index (χ0) is 15.5. The van der Waals surface area contributed by atoms with Gasteiger partial charge in [0.2, 0.25) is 0 Å². The van der Waals surface area contributed by atoms with E-state index < -0.39 is 6.17 Å². The highest BCUT2D eigenvalue weighted by Gasteiger charge is 2.21. The van der Waals surface area contributed by atoms with Gasteiger partial charge in [-0.3, -0.25) is 4.90 Å². The third kappa shape index (κ3) is 3.41. The van der Waals surface area contributed by atoms with E-state index in [1.165, 1.54) is 21.6 Å². The molecule has 22 heavy (non-hydrogen) atoms. The molecule has 0 radical (unpaired) electrons. The fourth-order valence-corrected chi connectivity index (χ4v) is 4.08. The first-order valence-corrected chi connectivity index (χ1v) is 9.05. The maximum atomic E-state index is 13.3. The summed E-state index contributed by atoms with van der Waals surface area (Å²) in [5.41, 5.74) is 4.20. The molecule has 0 N–H and O–H groups in total. The second kappa shape index (κ2) is 6.93. The molecule has 1 aromatic carbocycles. The van der Waals surface area contributed by atoms with Crippen molar-refractivity contribution in [3.05, 3.63) is 46.8 Å². The molecule has 1 saturated heterocycles. The molecule has 3 heteroatoms. The molecular weight excluding hydrogens is 293 g/mol. The molecule has 1 aromatic heterocycles. The van der Waals surface area contributed by atoms with Crippen molar-refractivity contribution in [2.24, 2.45) is 0 Å². The topological polar surface area (TPSA) is 3.24 Å². The summed E-state index contributed by atoms with van der Waals surface area (Å²) in [6.45, 7) is 7.18. The Morgan fingerprint density at radius 1 is 1.18 bits per heavy atom. The number of hydrogen-bond acceptors (Lipinski definition) is 2. The summed E-state index contributed by atoms with van der Waals surface area (Å²) in [5.74, 6) is 0.508. The molecular formula is C19H24FNS. The third-order valence-corrected chi connectivity index (χ3v) is 5.37. The zero-order valence-electron chi connectivity index (χ0n) is 13.4. The quantitative estimate of drug-likeness (QED) is 0.722. The predicted octanol–water partition coefficient (Wildman–Crippen LogP) is 5.47. The monoisotopic (exact) mass is 317 g/mol. The van der Waals surface area contributed by atoms with Gasteiger partial charge in [-0.2, -0.15) is 0 Å². The molecule has 1 aliphatic rings. The van der Waals surface area contributed by atoms with E-state index in [4.69, 9.17) is 0 Å². The van der Waals surface area contributed by atoms with Crippen LogP contribution in [0, 0.1) is 0 Å². The molecule has 2 heterocycles. The second-order valence-corrected chi connectivity index (χ2v) is 7.41. The molecule has 0 spiro atoms. The van der Waals surface area contributed by atoms with E-state index in [1.807, 2.05) is 0 Å². The van der Waals surface area contributed by atoms with Crippen LogP contribution in [-0.2, 0) is 6.54 Å². The van der Waals surface area contributed by atoms with Gasteiger partial charge in [0.25, 0.3) is 0 Å². The highest BCUT2D eigenvalue weighted by atomic mass is 32.1. The molecule has 0 unspecified atom stereocenters. The van der Waals surface area contributed by atoms with E-state index in [0.29, 0.717) is 18.8 Å². The highest BCUT2D eigenvalue weighted by molar-refractivity contribution is 7.13. The van der Waals surface area contributed by atoms with Gasteiger partial charge in [0, 0.05) is 24.5 Å². The maximum absolute atomic E-state index is 13.3. The third-order valence-electron chi connectivity index (χ3n) is 4.48. The second-order valence-electron chi connectivity index (χ2n) is 6.46. The Bertz CT molecular complexity index is 598. The summed E-state index contributed by atoms with van der Waals surface area (Å²) in [6, 6.07) is 11.0. The highest BCUT2D eigenvalue weighted by Crippen LogP contribution is 2.36. The lowest BCUT2D eigenvalue weighted by molar-refractivity contribution is 0.145. The summed E-state index contributed by atoms with van der Waals surface area (Å²) >= 11 is 1.81. The molecule has 1 nitrogen and oxygen atoms in total. The summed E-state index contributed by atoms with van der Waals surface area (Å²) in [6.07, 6.45) is 0.756. The number of alkyl halides is 1. The predicted molar refractivity (Wildman–Crippen MR) is 93.3 cm³/mol. The van der Waals surface area contributed by atoms with Crippen molar-refractivity contribution < 1.29 is 4.39 Å². The van der Waals surface area contributed by atoms with Crippen LogP contribution in [0.2, 0.25) is 0 Å². The van der Waals surface area contributed by atoms with E-state index in [2.05, 4.69) is 54.5 Å². The minimum Gasteiger partial charge on any atom is -0.299 e. The van der Waals surface area contributed by atoms with Crippen LogP contribution in [0.5, 0.6) is 0 Å². The summed E-state index contributed by atoms with van der Waals surface area (Å²) in [4.78, 5) is 3.74. The lowest BCUT2D eigenvalue weighted by Crippen LogP contribution is -2.34. The van der Waals surface area contributed by atoms with Crippen molar-refractivity contribution in [3.63, 3.8) is 0 Å². The van der Waals surface area contributed by atoms with E-state index in [0.717, 1.165) is 19.6 Å². The Morgan fingerprint density at radius 3 is 2.59 bits per heavy atom. The van der Waals surface area contributed by atoms with Gasteiger partial charge >= 0.3 is 0 Å². The first kappa shape index (κ1) is 15.7.